The summed E-state index contributed by atoms with van der Waals surface area (Å²) in [5.74, 6) is -3.21. The van der Waals surface area contributed by atoms with Gasteiger partial charge in [0.1, 0.15) is 4.60 Å². The van der Waals surface area contributed by atoms with Gasteiger partial charge in [0.25, 0.3) is 6.43 Å². The average Bonchev–Trinajstić information content (AvgIpc) is 2.10. The average molecular weight is 310 g/mol. The molecule has 0 aliphatic heterocycles. The monoisotopic (exact) mass is 309 g/mol. The van der Waals surface area contributed by atoms with E-state index in [1.807, 2.05) is 0 Å². The molecule has 0 saturated heterocycles. The summed E-state index contributed by atoms with van der Waals surface area (Å²) in [5, 5.41) is 0. The summed E-state index contributed by atoms with van der Waals surface area (Å²) < 4.78 is 75.6. The van der Waals surface area contributed by atoms with Gasteiger partial charge in [0.15, 0.2) is 11.6 Å². The quantitative estimate of drug-likeness (QED) is 0.612. The molecule has 0 aromatic carbocycles. The van der Waals surface area contributed by atoms with E-state index in [9.17, 15) is 26.3 Å². The van der Waals surface area contributed by atoms with E-state index < -0.39 is 34.5 Å². The molecule has 0 N–H and O–H groups in total. The second kappa shape index (κ2) is 4.48. The lowest BCUT2D eigenvalue weighted by atomic mass is 10.2. The number of aromatic nitrogens is 1. The van der Waals surface area contributed by atoms with E-state index in [1.165, 1.54) is 0 Å². The van der Waals surface area contributed by atoms with Crippen LogP contribution in [-0.4, -0.2) is 11.3 Å². The van der Waals surface area contributed by atoms with E-state index in [-0.39, 0.29) is 0 Å². The predicted octanol–water partition coefficient (Wildman–Crippen LogP) is 3.82. The molecule has 2 nitrogen and oxygen atoms in total. The van der Waals surface area contributed by atoms with Crippen molar-refractivity contribution >= 4 is 15.9 Å². The molecule has 0 saturated carbocycles. The zero-order chi connectivity index (χ0) is 12.5. The van der Waals surface area contributed by atoms with Crippen LogP contribution in [0.25, 0.3) is 0 Å². The fraction of sp³-hybridized carbons (Fsp3) is 0.286. The largest absolute Gasteiger partial charge is 0.573 e. The number of hydrogen-bond donors (Lipinski definition) is 0. The van der Waals surface area contributed by atoms with Crippen LogP contribution in [0, 0.1) is 5.82 Å². The molecule has 9 heteroatoms. The minimum atomic E-state index is -5.26. The second-order valence-electron chi connectivity index (χ2n) is 2.50. The third-order valence-electron chi connectivity index (χ3n) is 1.41. The number of halogens is 7. The Bertz CT molecular complexity index is 393. The van der Waals surface area contributed by atoms with Gasteiger partial charge in [0.05, 0.1) is 5.56 Å². The molecule has 0 fully saturated rings. The maximum absolute atomic E-state index is 13.1. The number of rotatable bonds is 2. The molecule has 90 valence electrons. The lowest BCUT2D eigenvalue weighted by molar-refractivity contribution is -0.276. The van der Waals surface area contributed by atoms with Gasteiger partial charge in [-0.2, -0.15) is 4.39 Å². The Morgan fingerprint density at radius 2 is 1.88 bits per heavy atom. The van der Waals surface area contributed by atoms with Crippen molar-refractivity contribution in [2.75, 3.05) is 0 Å². The smallest absolute Gasteiger partial charge is 0.402 e. The number of hydrogen-bond acceptors (Lipinski definition) is 2. The van der Waals surface area contributed by atoms with Crippen molar-refractivity contribution in [3.8, 4) is 5.75 Å². The molecule has 0 unspecified atom stereocenters. The van der Waals surface area contributed by atoms with E-state index in [0.717, 1.165) is 0 Å². The Hall–Kier alpha value is -0.990. The number of pyridine rings is 1. The fourth-order valence-corrected chi connectivity index (χ4v) is 1.12. The molecule has 0 bridgehead atoms. The van der Waals surface area contributed by atoms with Gasteiger partial charge in [0.2, 0.25) is 0 Å². The van der Waals surface area contributed by atoms with Gasteiger partial charge in [-0.05, 0) is 15.9 Å². The maximum atomic E-state index is 13.1. The van der Waals surface area contributed by atoms with Crippen LogP contribution in [0.4, 0.5) is 26.3 Å². The van der Waals surface area contributed by atoms with E-state index >= 15 is 0 Å². The Kier molecular flexibility index (Phi) is 3.66. The molecule has 1 aromatic heterocycles. The molecule has 0 aliphatic carbocycles. The van der Waals surface area contributed by atoms with E-state index in [1.54, 1.807) is 0 Å². The summed E-state index contributed by atoms with van der Waals surface area (Å²) in [6.45, 7) is 0. The molecule has 0 atom stereocenters. The lowest BCUT2D eigenvalue weighted by Crippen LogP contribution is -2.19. The number of nitrogens with zero attached hydrogens (tertiary/aromatic N) is 1. The summed E-state index contributed by atoms with van der Waals surface area (Å²) >= 11 is 2.46. The van der Waals surface area contributed by atoms with Crippen molar-refractivity contribution in [1.82, 2.24) is 4.98 Å². The number of alkyl halides is 5. The Balaban J connectivity index is 3.26. The first kappa shape index (κ1) is 13.1. The molecule has 1 aromatic rings. The lowest BCUT2D eigenvalue weighted by Gasteiger charge is -2.13. The normalized spacial score (nSPS) is 12.0. The van der Waals surface area contributed by atoms with Crippen LogP contribution in [-0.2, 0) is 0 Å². The van der Waals surface area contributed by atoms with Crippen molar-refractivity contribution in [2.24, 2.45) is 0 Å². The summed E-state index contributed by atoms with van der Waals surface area (Å²) in [7, 11) is 0. The van der Waals surface area contributed by atoms with Crippen LogP contribution < -0.4 is 4.74 Å². The predicted molar refractivity (Wildman–Crippen MR) is 43.5 cm³/mol. The second-order valence-corrected chi connectivity index (χ2v) is 3.25. The van der Waals surface area contributed by atoms with E-state index in [2.05, 4.69) is 25.7 Å². The first-order chi connectivity index (χ1) is 7.22. The highest BCUT2D eigenvalue weighted by Crippen LogP contribution is 2.36. The minimum Gasteiger partial charge on any atom is -0.402 e. The first-order valence-corrected chi connectivity index (χ1v) is 4.39. The zero-order valence-corrected chi connectivity index (χ0v) is 8.74. The van der Waals surface area contributed by atoms with Crippen molar-refractivity contribution in [3.05, 3.63) is 22.2 Å². The van der Waals surface area contributed by atoms with Crippen LogP contribution in [0.15, 0.2) is 10.8 Å². The Morgan fingerprint density at radius 1 is 1.31 bits per heavy atom. The van der Waals surface area contributed by atoms with Crippen LogP contribution in [0.3, 0.4) is 0 Å². The maximum Gasteiger partial charge on any atom is 0.573 e. The van der Waals surface area contributed by atoms with Gasteiger partial charge in [-0.3, -0.25) is 0 Å². The molecule has 0 amide bonds. The SMILES string of the molecule is Fc1c(Br)ncc(C(F)F)c1OC(F)(F)F. The van der Waals surface area contributed by atoms with Crippen molar-refractivity contribution in [3.63, 3.8) is 0 Å². The molecule has 1 heterocycles. The van der Waals surface area contributed by atoms with Crippen molar-refractivity contribution < 1.29 is 31.1 Å². The van der Waals surface area contributed by atoms with Crippen molar-refractivity contribution in [2.45, 2.75) is 12.8 Å². The molecular weight excluding hydrogens is 308 g/mol. The summed E-state index contributed by atoms with van der Waals surface area (Å²) in [4.78, 5) is 3.10. The van der Waals surface area contributed by atoms with Gasteiger partial charge in [-0.25, -0.2) is 13.8 Å². The minimum absolute atomic E-state index is 0.402. The van der Waals surface area contributed by atoms with Crippen LogP contribution in [0.2, 0.25) is 0 Å². The summed E-state index contributed by atoms with van der Waals surface area (Å²) in [6.07, 6.45) is -8.18. The molecular formula is C7H2BrF6NO. The van der Waals surface area contributed by atoms with Crippen LogP contribution in [0.1, 0.15) is 12.0 Å². The zero-order valence-electron chi connectivity index (χ0n) is 7.16. The van der Waals surface area contributed by atoms with Gasteiger partial charge in [-0.15, -0.1) is 13.2 Å². The fourth-order valence-electron chi connectivity index (χ4n) is 0.837. The van der Waals surface area contributed by atoms with E-state index in [0.29, 0.717) is 6.20 Å². The van der Waals surface area contributed by atoms with E-state index in [4.69, 9.17) is 0 Å². The Morgan fingerprint density at radius 3 is 2.31 bits per heavy atom. The van der Waals surface area contributed by atoms with Gasteiger partial charge in [0, 0.05) is 6.20 Å². The first-order valence-electron chi connectivity index (χ1n) is 3.60. The van der Waals surface area contributed by atoms with Crippen LogP contribution >= 0.6 is 15.9 Å². The topological polar surface area (TPSA) is 22.1 Å². The Labute approximate surface area is 93.4 Å². The van der Waals surface area contributed by atoms with Gasteiger partial charge >= 0.3 is 6.36 Å². The summed E-state index contributed by atoms with van der Waals surface area (Å²) in [5.41, 5.74) is -1.27. The van der Waals surface area contributed by atoms with Crippen molar-refractivity contribution in [1.29, 1.82) is 0 Å². The number of ether oxygens (including phenoxy) is 1. The van der Waals surface area contributed by atoms with Gasteiger partial charge < -0.3 is 4.74 Å². The molecule has 0 radical (unpaired) electrons. The van der Waals surface area contributed by atoms with Crippen LogP contribution in [0.5, 0.6) is 5.75 Å². The highest BCUT2D eigenvalue weighted by Gasteiger charge is 2.35. The molecule has 0 aliphatic rings. The highest BCUT2D eigenvalue weighted by atomic mass is 79.9. The third-order valence-corrected chi connectivity index (χ3v) is 1.97. The molecule has 0 spiro atoms. The van der Waals surface area contributed by atoms with Gasteiger partial charge in [-0.1, -0.05) is 0 Å². The molecule has 16 heavy (non-hydrogen) atoms. The molecule has 1 rings (SSSR count). The highest BCUT2D eigenvalue weighted by molar-refractivity contribution is 9.10. The summed E-state index contributed by atoms with van der Waals surface area (Å²) in [6, 6.07) is 0. The third kappa shape index (κ3) is 3.00. The standard InChI is InChI=1S/C7H2BrF6NO/c8-5-3(9)4(16-7(12,13)14)2(1-15-5)6(10)11/h1,6H.